The summed E-state index contributed by atoms with van der Waals surface area (Å²) in [6.45, 7) is -0.384. The molecule has 0 saturated carbocycles. The van der Waals surface area contributed by atoms with Crippen LogP contribution in [0, 0.1) is 0 Å². The Kier molecular flexibility index (Phi) is 6.76. The summed E-state index contributed by atoms with van der Waals surface area (Å²) < 4.78 is 0. The van der Waals surface area contributed by atoms with Crippen molar-refractivity contribution in [2.45, 2.75) is 12.0 Å². The summed E-state index contributed by atoms with van der Waals surface area (Å²) in [4.78, 5) is 53.6. The third-order valence-electron chi connectivity index (χ3n) is 5.51. The number of hydrogen-bond donors (Lipinski definition) is 1. The highest BCUT2D eigenvalue weighted by Crippen LogP contribution is 2.44. The smallest absolute Gasteiger partial charge is 0.323 e. The van der Waals surface area contributed by atoms with Crippen LogP contribution in [0.4, 0.5) is 10.5 Å². The SMILES string of the molecule is CN(CCc1ccccc1Cl)C(=O)N(C)[C@@]1(C=O)C(=O)N(CC(=O)O)c2ccc(Cl)cc21. The Balaban J connectivity index is 1.93. The van der Waals surface area contributed by atoms with Crippen molar-refractivity contribution < 1.29 is 24.3 Å². The summed E-state index contributed by atoms with van der Waals surface area (Å²) in [7, 11) is 2.87. The molecule has 1 N–H and O–H groups in total. The number of benzene rings is 2. The van der Waals surface area contributed by atoms with Gasteiger partial charge in [0.15, 0.2) is 6.29 Å². The number of aldehydes is 1. The van der Waals surface area contributed by atoms with Crippen molar-refractivity contribution in [3.8, 4) is 0 Å². The van der Waals surface area contributed by atoms with Gasteiger partial charge in [0.05, 0.1) is 5.69 Å². The molecule has 0 fully saturated rings. The standard InChI is InChI=1S/C22H21Cl2N3O5/c1-25(10-9-14-5-3-4-6-17(14)24)21(32)26(2)22(13-28)16-11-15(23)7-8-18(16)27(20(22)31)12-19(29)30/h3-8,11,13H,9-10,12H2,1-2H3,(H,29,30)/t22-/m1/s1. The predicted molar refractivity (Wildman–Crippen MR) is 120 cm³/mol. The maximum absolute atomic E-state index is 13.3. The number of halogens is 2. The minimum atomic E-state index is -2.04. The molecule has 3 rings (SSSR count). The number of rotatable bonds is 7. The molecule has 2 aromatic rings. The zero-order chi connectivity index (χ0) is 23.6. The van der Waals surface area contributed by atoms with Gasteiger partial charge in [-0.3, -0.25) is 19.3 Å². The Morgan fingerprint density at radius 3 is 2.47 bits per heavy atom. The van der Waals surface area contributed by atoms with Crippen LogP contribution in [0.5, 0.6) is 0 Å². The maximum atomic E-state index is 13.3. The lowest BCUT2D eigenvalue weighted by atomic mass is 9.91. The van der Waals surface area contributed by atoms with E-state index in [1.54, 1.807) is 19.2 Å². The van der Waals surface area contributed by atoms with E-state index in [0.29, 0.717) is 17.7 Å². The summed E-state index contributed by atoms with van der Waals surface area (Å²) in [5.41, 5.74) is -0.817. The van der Waals surface area contributed by atoms with Crippen LogP contribution in [-0.4, -0.2) is 66.3 Å². The van der Waals surface area contributed by atoms with Crippen LogP contribution in [0.15, 0.2) is 42.5 Å². The van der Waals surface area contributed by atoms with Crippen LogP contribution in [0.2, 0.25) is 10.0 Å². The highest BCUT2D eigenvalue weighted by Gasteiger charge is 2.56. The van der Waals surface area contributed by atoms with E-state index in [0.717, 1.165) is 15.4 Å². The van der Waals surface area contributed by atoms with E-state index in [1.165, 1.54) is 30.1 Å². The molecule has 3 amide bonds. The first-order valence-electron chi connectivity index (χ1n) is 9.66. The number of carboxylic acid groups (broad SMARTS) is 1. The third-order valence-corrected chi connectivity index (χ3v) is 6.12. The van der Waals surface area contributed by atoms with E-state index in [4.69, 9.17) is 23.2 Å². The van der Waals surface area contributed by atoms with Crippen molar-refractivity contribution in [2.75, 3.05) is 32.1 Å². The van der Waals surface area contributed by atoms with E-state index < -0.39 is 30.0 Å². The summed E-state index contributed by atoms with van der Waals surface area (Å²) in [5, 5.41) is 10.1. The van der Waals surface area contributed by atoms with Gasteiger partial charge in [-0.25, -0.2) is 4.79 Å². The number of fused-ring (bicyclic) bond motifs is 1. The number of carbonyl (C=O) groups is 4. The van der Waals surface area contributed by atoms with E-state index in [-0.39, 0.29) is 22.8 Å². The minimum Gasteiger partial charge on any atom is -0.480 e. The van der Waals surface area contributed by atoms with Gasteiger partial charge in [0.25, 0.3) is 5.91 Å². The quantitative estimate of drug-likeness (QED) is 0.488. The largest absolute Gasteiger partial charge is 0.480 e. The van der Waals surface area contributed by atoms with Gasteiger partial charge in [0.1, 0.15) is 6.54 Å². The van der Waals surface area contributed by atoms with Crippen LogP contribution in [0.3, 0.4) is 0 Å². The summed E-state index contributed by atoms with van der Waals surface area (Å²) in [5.74, 6) is -2.09. The highest BCUT2D eigenvalue weighted by atomic mass is 35.5. The molecule has 10 heteroatoms. The fourth-order valence-corrected chi connectivity index (χ4v) is 4.18. The summed E-state index contributed by atoms with van der Waals surface area (Å²) in [6, 6.07) is 11.0. The molecule has 0 bridgehead atoms. The summed E-state index contributed by atoms with van der Waals surface area (Å²) in [6.07, 6.45) is 0.817. The molecule has 1 aliphatic rings. The number of carbonyl (C=O) groups excluding carboxylic acids is 3. The highest BCUT2D eigenvalue weighted by molar-refractivity contribution is 6.31. The Labute approximate surface area is 194 Å². The van der Waals surface area contributed by atoms with Gasteiger partial charge in [-0.05, 0) is 36.2 Å². The fraction of sp³-hybridized carbons (Fsp3) is 0.273. The Bertz CT molecular complexity index is 1090. The first kappa shape index (κ1) is 23.6. The molecule has 2 aromatic carbocycles. The molecular formula is C22H21Cl2N3O5. The molecule has 0 unspecified atom stereocenters. The zero-order valence-electron chi connectivity index (χ0n) is 17.4. The van der Waals surface area contributed by atoms with Crippen LogP contribution < -0.4 is 4.90 Å². The molecule has 8 nitrogen and oxygen atoms in total. The number of hydrogen-bond acceptors (Lipinski definition) is 4. The van der Waals surface area contributed by atoms with E-state index >= 15 is 0 Å². The van der Waals surface area contributed by atoms with Crippen molar-refractivity contribution >= 4 is 53.1 Å². The van der Waals surface area contributed by atoms with Crippen molar-refractivity contribution in [1.82, 2.24) is 9.80 Å². The van der Waals surface area contributed by atoms with Crippen LogP contribution >= 0.6 is 23.2 Å². The molecule has 1 atom stereocenters. The molecule has 0 spiro atoms. The average molecular weight is 478 g/mol. The van der Waals surface area contributed by atoms with Gasteiger partial charge in [-0.1, -0.05) is 41.4 Å². The molecular weight excluding hydrogens is 457 g/mol. The van der Waals surface area contributed by atoms with E-state index in [9.17, 15) is 24.3 Å². The van der Waals surface area contributed by atoms with Gasteiger partial charge >= 0.3 is 12.0 Å². The van der Waals surface area contributed by atoms with Crippen molar-refractivity contribution in [1.29, 1.82) is 0 Å². The second-order valence-corrected chi connectivity index (χ2v) is 8.28. The fourth-order valence-electron chi connectivity index (χ4n) is 3.78. The Morgan fingerprint density at radius 1 is 1.16 bits per heavy atom. The second-order valence-electron chi connectivity index (χ2n) is 7.44. The maximum Gasteiger partial charge on any atom is 0.323 e. The topological polar surface area (TPSA) is 98.2 Å². The number of amides is 3. The lowest BCUT2D eigenvalue weighted by Crippen LogP contribution is -2.58. The molecule has 0 radical (unpaired) electrons. The van der Waals surface area contributed by atoms with Gasteiger partial charge in [0, 0.05) is 36.2 Å². The van der Waals surface area contributed by atoms with E-state index in [1.807, 2.05) is 12.1 Å². The number of urea groups is 1. The Hall–Kier alpha value is -3.10. The normalized spacial score (nSPS) is 17.1. The van der Waals surface area contributed by atoms with Crippen molar-refractivity contribution in [3.63, 3.8) is 0 Å². The number of anilines is 1. The second kappa shape index (κ2) is 9.18. The molecule has 1 aliphatic heterocycles. The lowest BCUT2D eigenvalue weighted by molar-refractivity contribution is -0.139. The number of likely N-dealkylation sites (N-methyl/N-ethyl adjacent to an activating group) is 2. The monoisotopic (exact) mass is 477 g/mol. The van der Waals surface area contributed by atoms with Crippen molar-refractivity contribution in [2.24, 2.45) is 0 Å². The number of carboxylic acids is 1. The van der Waals surface area contributed by atoms with E-state index in [2.05, 4.69) is 0 Å². The summed E-state index contributed by atoms with van der Waals surface area (Å²) >= 11 is 12.3. The molecule has 0 saturated heterocycles. The van der Waals surface area contributed by atoms with Gasteiger partial charge < -0.3 is 14.9 Å². The zero-order valence-corrected chi connectivity index (χ0v) is 18.9. The minimum absolute atomic E-state index is 0.154. The number of nitrogens with zero attached hydrogens (tertiary/aromatic N) is 3. The van der Waals surface area contributed by atoms with Crippen LogP contribution in [0.1, 0.15) is 11.1 Å². The van der Waals surface area contributed by atoms with Gasteiger partial charge in [-0.15, -0.1) is 0 Å². The molecule has 168 valence electrons. The first-order valence-corrected chi connectivity index (χ1v) is 10.4. The lowest BCUT2D eigenvalue weighted by Gasteiger charge is -2.35. The Morgan fingerprint density at radius 2 is 1.84 bits per heavy atom. The van der Waals surface area contributed by atoms with Crippen molar-refractivity contribution in [3.05, 3.63) is 63.6 Å². The molecule has 32 heavy (non-hydrogen) atoms. The average Bonchev–Trinajstić information content (AvgIpc) is 2.99. The predicted octanol–water partition coefficient (Wildman–Crippen LogP) is 3.05. The van der Waals surface area contributed by atoms with Crippen LogP contribution in [0.25, 0.3) is 0 Å². The third kappa shape index (κ3) is 4.03. The molecule has 1 heterocycles. The molecule has 0 aliphatic carbocycles. The van der Waals surface area contributed by atoms with Crippen LogP contribution in [-0.2, 0) is 26.3 Å². The van der Waals surface area contributed by atoms with Gasteiger partial charge in [-0.2, -0.15) is 0 Å². The number of aliphatic carboxylic acids is 1. The molecule has 0 aromatic heterocycles. The van der Waals surface area contributed by atoms with Gasteiger partial charge in [0.2, 0.25) is 5.54 Å². The first-order chi connectivity index (χ1) is 15.1.